The Bertz CT molecular complexity index is 486. The third-order valence-corrected chi connectivity index (χ3v) is 2.80. The van der Waals surface area contributed by atoms with Gasteiger partial charge in [-0.3, -0.25) is 0 Å². The van der Waals surface area contributed by atoms with Crippen LogP contribution in [0.2, 0.25) is 0 Å². The van der Waals surface area contributed by atoms with E-state index in [0.717, 1.165) is 36.2 Å². The van der Waals surface area contributed by atoms with Crippen molar-refractivity contribution in [3.05, 3.63) is 41.0 Å². The average Bonchev–Trinajstić information content (AvgIpc) is 2.84. The summed E-state index contributed by atoms with van der Waals surface area (Å²) in [5, 5.41) is 16.5. The van der Waals surface area contributed by atoms with Crippen molar-refractivity contribution in [2.75, 3.05) is 6.54 Å². The first-order valence-electron chi connectivity index (χ1n) is 5.92. The zero-order valence-electron chi connectivity index (χ0n) is 10.6. The molecule has 0 aliphatic heterocycles. The predicted octanol–water partition coefficient (Wildman–Crippen LogP) is 1.72. The second-order valence-corrected chi connectivity index (χ2v) is 4.34. The van der Waals surface area contributed by atoms with E-state index in [1.807, 2.05) is 26.0 Å². The molecule has 0 saturated carbocycles. The molecular weight excluding hydrogens is 230 g/mol. The van der Waals surface area contributed by atoms with E-state index in [-0.39, 0.29) is 0 Å². The number of phenolic OH excluding ortho intramolecular Hbond substituents is 1. The van der Waals surface area contributed by atoms with Crippen molar-refractivity contribution in [3.8, 4) is 5.75 Å². The monoisotopic (exact) mass is 247 g/mol. The van der Waals surface area contributed by atoms with Crippen LogP contribution in [0.3, 0.4) is 0 Å². The normalized spacial score (nSPS) is 10.8. The molecule has 1 aromatic heterocycles. The molecule has 1 aromatic carbocycles. The summed E-state index contributed by atoms with van der Waals surface area (Å²) in [6.07, 6.45) is 2.12. The Hall–Kier alpha value is -1.88. The number of phenols is 1. The highest BCUT2D eigenvalue weighted by atomic mass is 16.5. The van der Waals surface area contributed by atoms with Crippen molar-refractivity contribution in [2.45, 2.75) is 26.8 Å². The van der Waals surface area contributed by atoms with Crippen LogP contribution in [0.4, 0.5) is 0 Å². The molecular formula is C13H17N3O2. The first-order chi connectivity index (χ1) is 8.66. The Morgan fingerprint density at radius 2 is 2.00 bits per heavy atom. The van der Waals surface area contributed by atoms with Crippen LogP contribution in [-0.4, -0.2) is 21.8 Å². The van der Waals surface area contributed by atoms with E-state index in [4.69, 9.17) is 4.52 Å². The molecule has 5 nitrogen and oxygen atoms in total. The highest BCUT2D eigenvalue weighted by Gasteiger charge is 2.03. The second kappa shape index (κ2) is 5.64. The number of hydrogen-bond donors (Lipinski definition) is 2. The molecule has 0 amide bonds. The minimum atomic E-state index is 0.379. The molecule has 0 atom stereocenters. The van der Waals surface area contributed by atoms with E-state index in [0.29, 0.717) is 11.6 Å². The van der Waals surface area contributed by atoms with Gasteiger partial charge in [0.1, 0.15) is 5.75 Å². The minimum absolute atomic E-state index is 0.379. The number of rotatable bonds is 5. The summed E-state index contributed by atoms with van der Waals surface area (Å²) in [5.41, 5.74) is 2.97. The summed E-state index contributed by atoms with van der Waals surface area (Å²) in [6.45, 7) is 5.35. The lowest BCUT2D eigenvalue weighted by Gasteiger charge is -2.08. The van der Waals surface area contributed by atoms with E-state index in [1.54, 1.807) is 0 Å². The van der Waals surface area contributed by atoms with Gasteiger partial charge in [-0.1, -0.05) is 17.3 Å². The lowest BCUT2D eigenvalue weighted by Crippen LogP contribution is -2.17. The molecule has 96 valence electrons. The van der Waals surface area contributed by atoms with Crippen LogP contribution >= 0.6 is 0 Å². The molecule has 0 spiro atoms. The fourth-order valence-corrected chi connectivity index (χ4v) is 1.88. The van der Waals surface area contributed by atoms with E-state index < -0.39 is 0 Å². The molecule has 0 aliphatic rings. The van der Waals surface area contributed by atoms with Gasteiger partial charge >= 0.3 is 0 Å². The molecule has 0 fully saturated rings. The zero-order chi connectivity index (χ0) is 13.0. The Morgan fingerprint density at radius 3 is 2.61 bits per heavy atom. The maximum atomic E-state index is 9.68. The van der Waals surface area contributed by atoms with Crippen molar-refractivity contribution in [2.24, 2.45) is 0 Å². The van der Waals surface area contributed by atoms with Crippen LogP contribution < -0.4 is 5.32 Å². The van der Waals surface area contributed by atoms with Crippen LogP contribution in [0, 0.1) is 13.8 Å². The van der Waals surface area contributed by atoms with Crippen molar-refractivity contribution in [1.29, 1.82) is 0 Å². The van der Waals surface area contributed by atoms with Crippen LogP contribution in [0.25, 0.3) is 0 Å². The molecule has 0 unspecified atom stereocenters. The second-order valence-electron chi connectivity index (χ2n) is 4.34. The van der Waals surface area contributed by atoms with Crippen molar-refractivity contribution < 1.29 is 9.63 Å². The van der Waals surface area contributed by atoms with Crippen molar-refractivity contribution in [3.63, 3.8) is 0 Å². The summed E-state index contributed by atoms with van der Waals surface area (Å²) in [6, 6.07) is 3.98. The van der Waals surface area contributed by atoms with Gasteiger partial charge < -0.3 is 14.9 Å². The molecule has 1 heterocycles. The SMILES string of the molecule is Cc1cc(CNCCc2ncno2)cc(C)c1O. The summed E-state index contributed by atoms with van der Waals surface area (Å²) in [7, 11) is 0. The van der Waals surface area contributed by atoms with Gasteiger partial charge in [-0.25, -0.2) is 0 Å². The van der Waals surface area contributed by atoms with Gasteiger partial charge in [-0.2, -0.15) is 4.98 Å². The number of benzene rings is 1. The van der Waals surface area contributed by atoms with Gasteiger partial charge in [0.2, 0.25) is 5.89 Å². The summed E-state index contributed by atoms with van der Waals surface area (Å²) in [5.74, 6) is 1.02. The molecule has 0 radical (unpaired) electrons. The standard InChI is InChI=1S/C13H17N3O2/c1-9-5-11(6-10(2)13(9)17)7-14-4-3-12-15-8-16-18-12/h5-6,8,14,17H,3-4,7H2,1-2H3. The summed E-state index contributed by atoms with van der Waals surface area (Å²) < 4.78 is 4.91. The number of nitrogens with one attached hydrogen (secondary N) is 1. The van der Waals surface area contributed by atoms with Gasteiger partial charge in [0.15, 0.2) is 6.33 Å². The van der Waals surface area contributed by atoms with Crippen LogP contribution in [0.15, 0.2) is 23.0 Å². The largest absolute Gasteiger partial charge is 0.507 e. The molecule has 2 N–H and O–H groups in total. The van der Waals surface area contributed by atoms with E-state index in [9.17, 15) is 5.11 Å². The van der Waals surface area contributed by atoms with Gasteiger partial charge in [0, 0.05) is 19.5 Å². The first kappa shape index (κ1) is 12.6. The Kier molecular flexibility index (Phi) is 3.94. The fourth-order valence-electron chi connectivity index (χ4n) is 1.88. The van der Waals surface area contributed by atoms with Crippen LogP contribution in [-0.2, 0) is 13.0 Å². The Morgan fingerprint density at radius 1 is 1.28 bits per heavy atom. The number of aromatic nitrogens is 2. The fraction of sp³-hybridized carbons (Fsp3) is 0.385. The highest BCUT2D eigenvalue weighted by Crippen LogP contribution is 2.22. The Balaban J connectivity index is 1.83. The number of aryl methyl sites for hydroxylation is 2. The van der Waals surface area contributed by atoms with Crippen molar-refractivity contribution in [1.82, 2.24) is 15.5 Å². The zero-order valence-corrected chi connectivity index (χ0v) is 10.6. The first-order valence-corrected chi connectivity index (χ1v) is 5.92. The molecule has 2 rings (SSSR count). The summed E-state index contributed by atoms with van der Waals surface area (Å²) >= 11 is 0. The van der Waals surface area contributed by atoms with Crippen LogP contribution in [0.1, 0.15) is 22.6 Å². The molecule has 2 aromatic rings. The molecule has 5 heteroatoms. The predicted molar refractivity (Wildman–Crippen MR) is 67.3 cm³/mol. The number of aromatic hydroxyl groups is 1. The van der Waals surface area contributed by atoms with E-state index >= 15 is 0 Å². The quantitative estimate of drug-likeness (QED) is 0.787. The van der Waals surface area contributed by atoms with E-state index in [2.05, 4.69) is 15.5 Å². The smallest absolute Gasteiger partial charge is 0.227 e. The number of nitrogens with zero attached hydrogens (tertiary/aromatic N) is 2. The molecule has 0 bridgehead atoms. The number of hydrogen-bond acceptors (Lipinski definition) is 5. The maximum Gasteiger partial charge on any atom is 0.227 e. The van der Waals surface area contributed by atoms with Gasteiger partial charge in [-0.15, -0.1) is 0 Å². The average molecular weight is 247 g/mol. The minimum Gasteiger partial charge on any atom is -0.507 e. The van der Waals surface area contributed by atoms with Gasteiger partial charge in [0.05, 0.1) is 0 Å². The van der Waals surface area contributed by atoms with Gasteiger partial charge in [0.25, 0.3) is 0 Å². The van der Waals surface area contributed by atoms with Gasteiger partial charge in [-0.05, 0) is 30.5 Å². The third-order valence-electron chi connectivity index (χ3n) is 2.80. The van der Waals surface area contributed by atoms with E-state index in [1.165, 1.54) is 6.33 Å². The van der Waals surface area contributed by atoms with Crippen LogP contribution in [0.5, 0.6) is 5.75 Å². The highest BCUT2D eigenvalue weighted by molar-refractivity contribution is 5.42. The maximum absolute atomic E-state index is 9.68. The summed E-state index contributed by atoms with van der Waals surface area (Å²) in [4.78, 5) is 3.95. The molecule has 0 aliphatic carbocycles. The Labute approximate surface area is 106 Å². The van der Waals surface area contributed by atoms with Crippen molar-refractivity contribution >= 4 is 0 Å². The molecule has 0 saturated heterocycles. The molecule has 18 heavy (non-hydrogen) atoms. The lowest BCUT2D eigenvalue weighted by molar-refractivity contribution is 0.375. The topological polar surface area (TPSA) is 71.2 Å². The lowest BCUT2D eigenvalue weighted by atomic mass is 10.1. The third kappa shape index (κ3) is 3.07.